The van der Waals surface area contributed by atoms with Crippen molar-refractivity contribution in [2.24, 2.45) is 0 Å². The molecule has 0 fully saturated rings. The van der Waals surface area contributed by atoms with E-state index in [4.69, 9.17) is 0 Å². The summed E-state index contributed by atoms with van der Waals surface area (Å²) in [5, 5.41) is 7.18. The number of amides is 1. The normalized spacial score (nSPS) is 9.93. The van der Waals surface area contributed by atoms with Gasteiger partial charge < -0.3 is 0 Å². The highest BCUT2D eigenvalue weighted by atomic mass is 127. The fourth-order valence-electron chi connectivity index (χ4n) is 1.08. The number of hydrogen-bond acceptors (Lipinski definition) is 3. The van der Waals surface area contributed by atoms with Gasteiger partial charge >= 0.3 is 0 Å². The summed E-state index contributed by atoms with van der Waals surface area (Å²) in [6.07, 6.45) is 2.85. The fraction of sp³-hybridized carbons (Fsp3) is 0. The first kappa shape index (κ1) is 10.1. The van der Waals surface area contributed by atoms with E-state index in [0.717, 1.165) is 3.57 Å². The van der Waals surface area contributed by atoms with Crippen LogP contribution in [0.5, 0.6) is 0 Å². The highest BCUT2D eigenvalue weighted by Gasteiger charge is 2.08. The van der Waals surface area contributed by atoms with Crippen LogP contribution in [-0.4, -0.2) is 20.8 Å². The first-order chi connectivity index (χ1) is 7.27. The fourth-order valence-corrected chi connectivity index (χ4v) is 1.71. The van der Waals surface area contributed by atoms with E-state index in [9.17, 15) is 4.79 Å². The van der Waals surface area contributed by atoms with Crippen molar-refractivity contribution in [1.82, 2.24) is 14.9 Å². The van der Waals surface area contributed by atoms with E-state index < -0.39 is 0 Å². The second-order valence-corrected chi connectivity index (χ2v) is 3.95. The average Bonchev–Trinajstić information content (AvgIpc) is 2.71. The first-order valence-corrected chi connectivity index (χ1v) is 5.26. The second kappa shape index (κ2) is 4.39. The maximum Gasteiger partial charge on any atom is 0.271 e. The van der Waals surface area contributed by atoms with Crippen LogP contribution in [0.25, 0.3) is 0 Å². The third kappa shape index (κ3) is 2.32. The third-order valence-electron chi connectivity index (χ3n) is 1.77. The molecule has 0 atom stereocenters. The maximum absolute atomic E-state index is 11.7. The molecule has 76 valence electrons. The van der Waals surface area contributed by atoms with Crippen LogP contribution in [-0.2, 0) is 0 Å². The average molecular weight is 314 g/mol. The van der Waals surface area contributed by atoms with Crippen LogP contribution in [0, 0.1) is 3.57 Å². The van der Waals surface area contributed by atoms with Gasteiger partial charge in [-0.05, 0) is 34.7 Å². The van der Waals surface area contributed by atoms with Gasteiger partial charge in [0.2, 0.25) is 0 Å². The van der Waals surface area contributed by atoms with Gasteiger partial charge in [-0.15, -0.1) is 10.2 Å². The monoisotopic (exact) mass is 314 g/mol. The summed E-state index contributed by atoms with van der Waals surface area (Å²) >= 11 is 2.12. The molecule has 1 aromatic heterocycles. The summed E-state index contributed by atoms with van der Waals surface area (Å²) in [6, 6.07) is 7.35. The van der Waals surface area contributed by atoms with Gasteiger partial charge in [-0.25, -0.2) is 4.68 Å². The molecule has 6 heteroatoms. The van der Waals surface area contributed by atoms with Gasteiger partial charge in [-0.3, -0.25) is 10.2 Å². The van der Waals surface area contributed by atoms with Crippen molar-refractivity contribution < 1.29 is 4.79 Å². The SMILES string of the molecule is O=C(Nn1cnnc1)c1ccccc1I. The molecule has 0 bridgehead atoms. The van der Waals surface area contributed by atoms with E-state index in [1.807, 2.05) is 18.2 Å². The van der Waals surface area contributed by atoms with Crippen LogP contribution in [0.3, 0.4) is 0 Å². The Hall–Kier alpha value is -1.44. The molecule has 15 heavy (non-hydrogen) atoms. The molecule has 0 radical (unpaired) electrons. The van der Waals surface area contributed by atoms with Crippen molar-refractivity contribution in [2.75, 3.05) is 5.43 Å². The number of hydrogen-bond donors (Lipinski definition) is 1. The van der Waals surface area contributed by atoms with Crippen molar-refractivity contribution in [1.29, 1.82) is 0 Å². The number of carbonyl (C=O) groups excluding carboxylic acids is 1. The number of rotatable bonds is 2. The lowest BCUT2D eigenvalue weighted by Gasteiger charge is -2.05. The van der Waals surface area contributed by atoms with Gasteiger partial charge in [0.15, 0.2) is 0 Å². The van der Waals surface area contributed by atoms with Crippen LogP contribution in [0.4, 0.5) is 0 Å². The summed E-state index contributed by atoms with van der Waals surface area (Å²) in [4.78, 5) is 11.7. The minimum atomic E-state index is -0.181. The molecule has 0 aliphatic rings. The van der Waals surface area contributed by atoms with Gasteiger partial charge in [0.25, 0.3) is 5.91 Å². The zero-order chi connectivity index (χ0) is 10.7. The highest BCUT2D eigenvalue weighted by molar-refractivity contribution is 14.1. The molecular formula is C9H7IN4O. The Balaban J connectivity index is 2.19. The van der Waals surface area contributed by atoms with Gasteiger partial charge in [0.05, 0.1) is 5.56 Å². The summed E-state index contributed by atoms with van der Waals surface area (Å²) in [5.41, 5.74) is 3.26. The van der Waals surface area contributed by atoms with Crippen molar-refractivity contribution in [2.45, 2.75) is 0 Å². The molecule has 0 saturated carbocycles. The van der Waals surface area contributed by atoms with Crippen LogP contribution < -0.4 is 5.43 Å². The number of halogens is 1. The molecule has 1 heterocycles. The zero-order valence-electron chi connectivity index (χ0n) is 7.59. The molecule has 1 N–H and O–H groups in total. The molecule has 0 unspecified atom stereocenters. The zero-order valence-corrected chi connectivity index (χ0v) is 9.75. The van der Waals surface area contributed by atoms with Crippen LogP contribution in [0.15, 0.2) is 36.9 Å². The molecule has 0 saturated heterocycles. The predicted molar refractivity (Wildman–Crippen MR) is 62.9 cm³/mol. The lowest BCUT2D eigenvalue weighted by molar-refractivity contribution is 0.101. The number of nitrogens with one attached hydrogen (secondary N) is 1. The van der Waals surface area contributed by atoms with Crippen molar-refractivity contribution >= 4 is 28.5 Å². The van der Waals surface area contributed by atoms with E-state index in [0.29, 0.717) is 5.56 Å². The standard InChI is InChI=1S/C9H7IN4O/c10-8-4-2-1-3-7(8)9(15)13-14-5-11-12-6-14/h1-6H,(H,13,15). The Morgan fingerprint density at radius 1 is 1.27 bits per heavy atom. The molecule has 0 aliphatic carbocycles. The Morgan fingerprint density at radius 3 is 2.60 bits per heavy atom. The Labute approximate surface area is 99.6 Å². The lowest BCUT2D eigenvalue weighted by atomic mass is 10.2. The molecular weight excluding hydrogens is 307 g/mol. The summed E-state index contributed by atoms with van der Waals surface area (Å²) in [6.45, 7) is 0. The topological polar surface area (TPSA) is 59.8 Å². The van der Waals surface area contributed by atoms with E-state index in [-0.39, 0.29) is 5.91 Å². The van der Waals surface area contributed by atoms with E-state index >= 15 is 0 Å². The number of benzene rings is 1. The second-order valence-electron chi connectivity index (χ2n) is 2.79. The molecule has 0 aliphatic heterocycles. The number of carbonyl (C=O) groups is 1. The van der Waals surface area contributed by atoms with Gasteiger partial charge in [-0.2, -0.15) is 0 Å². The Kier molecular flexibility index (Phi) is 2.95. The smallest absolute Gasteiger partial charge is 0.267 e. The molecule has 5 nitrogen and oxygen atoms in total. The number of nitrogens with zero attached hydrogens (tertiary/aromatic N) is 3. The Morgan fingerprint density at radius 2 is 1.93 bits per heavy atom. The third-order valence-corrected chi connectivity index (χ3v) is 2.71. The first-order valence-electron chi connectivity index (χ1n) is 4.18. The van der Waals surface area contributed by atoms with Crippen molar-refractivity contribution in [3.8, 4) is 0 Å². The Bertz CT molecular complexity index is 469. The highest BCUT2D eigenvalue weighted by Crippen LogP contribution is 2.11. The largest absolute Gasteiger partial charge is 0.271 e. The van der Waals surface area contributed by atoms with E-state index in [1.54, 1.807) is 6.07 Å². The van der Waals surface area contributed by atoms with Crippen LogP contribution >= 0.6 is 22.6 Å². The number of aromatic nitrogens is 3. The van der Waals surface area contributed by atoms with E-state index in [1.165, 1.54) is 17.3 Å². The van der Waals surface area contributed by atoms with Crippen molar-refractivity contribution in [3.05, 3.63) is 46.1 Å². The van der Waals surface area contributed by atoms with E-state index in [2.05, 4.69) is 38.2 Å². The molecule has 1 aromatic carbocycles. The van der Waals surface area contributed by atoms with Crippen LogP contribution in [0.2, 0.25) is 0 Å². The minimum absolute atomic E-state index is 0.181. The summed E-state index contributed by atoms with van der Waals surface area (Å²) in [5.74, 6) is -0.181. The predicted octanol–water partition coefficient (Wildman–Crippen LogP) is 1.27. The summed E-state index contributed by atoms with van der Waals surface area (Å²) < 4.78 is 2.31. The molecule has 2 rings (SSSR count). The summed E-state index contributed by atoms with van der Waals surface area (Å²) in [7, 11) is 0. The maximum atomic E-state index is 11.7. The molecule has 2 aromatic rings. The van der Waals surface area contributed by atoms with Gasteiger partial charge in [0, 0.05) is 3.57 Å². The van der Waals surface area contributed by atoms with Crippen LogP contribution in [0.1, 0.15) is 10.4 Å². The van der Waals surface area contributed by atoms with Crippen molar-refractivity contribution in [3.63, 3.8) is 0 Å². The lowest BCUT2D eigenvalue weighted by Crippen LogP contribution is -2.22. The van der Waals surface area contributed by atoms with Gasteiger partial charge in [0.1, 0.15) is 12.7 Å². The molecule has 1 amide bonds. The quantitative estimate of drug-likeness (QED) is 0.849. The molecule has 0 spiro atoms. The van der Waals surface area contributed by atoms with Gasteiger partial charge in [-0.1, -0.05) is 12.1 Å². The minimum Gasteiger partial charge on any atom is -0.267 e.